The van der Waals surface area contributed by atoms with E-state index in [-0.39, 0.29) is 11.9 Å². The number of esters is 1. The smallest absolute Gasteiger partial charge is 0.309 e. The Bertz CT molecular complexity index is 1180. The first-order valence-electron chi connectivity index (χ1n) is 13.1. The van der Waals surface area contributed by atoms with Gasteiger partial charge >= 0.3 is 5.97 Å². The number of rotatable bonds is 6. The van der Waals surface area contributed by atoms with Crippen LogP contribution in [-0.4, -0.2) is 43.7 Å². The van der Waals surface area contributed by atoms with Crippen molar-refractivity contribution >= 4 is 23.4 Å². The summed E-state index contributed by atoms with van der Waals surface area (Å²) in [5.41, 5.74) is 5.64. The third-order valence-electron chi connectivity index (χ3n) is 7.46. The number of piperidine rings is 2. The molecule has 0 radical (unpaired) electrons. The Hall–Kier alpha value is -2.89. The highest BCUT2D eigenvalue weighted by atomic mass is 35.5. The fourth-order valence-electron chi connectivity index (χ4n) is 5.42. The Morgan fingerprint density at radius 2 is 1.75 bits per heavy atom. The topological polar surface area (TPSA) is 54.5 Å². The van der Waals surface area contributed by atoms with Crippen LogP contribution in [0.1, 0.15) is 44.1 Å². The molecule has 0 saturated carbocycles. The lowest BCUT2D eigenvalue weighted by atomic mass is 9.88. The van der Waals surface area contributed by atoms with Gasteiger partial charge in [0.05, 0.1) is 18.2 Å². The van der Waals surface area contributed by atoms with E-state index in [0.717, 1.165) is 61.7 Å². The predicted octanol–water partition coefficient (Wildman–Crippen LogP) is 6.32. The highest BCUT2D eigenvalue weighted by molar-refractivity contribution is 6.31. The lowest BCUT2D eigenvalue weighted by Crippen LogP contribution is -2.37. The molecule has 2 saturated heterocycles. The first kappa shape index (κ1) is 24.8. The van der Waals surface area contributed by atoms with Gasteiger partial charge in [-0.25, -0.2) is 4.98 Å². The molecular formula is C30H34ClN3O2. The highest BCUT2D eigenvalue weighted by Crippen LogP contribution is 2.36. The molecule has 6 heteroatoms. The monoisotopic (exact) mass is 503 g/mol. The molecule has 0 amide bonds. The maximum Gasteiger partial charge on any atom is 0.309 e. The number of aromatic nitrogens is 1. The molecule has 2 fully saturated rings. The zero-order valence-corrected chi connectivity index (χ0v) is 21.6. The van der Waals surface area contributed by atoms with Crippen molar-refractivity contribution in [2.45, 2.75) is 38.5 Å². The van der Waals surface area contributed by atoms with Crippen molar-refractivity contribution in [2.75, 3.05) is 37.7 Å². The minimum atomic E-state index is -0.0754. The van der Waals surface area contributed by atoms with Crippen LogP contribution in [-0.2, 0) is 9.53 Å². The third kappa shape index (κ3) is 5.58. The predicted molar refractivity (Wildman–Crippen MR) is 147 cm³/mol. The number of hydrogen-bond acceptors (Lipinski definition) is 5. The fraction of sp³-hybridized carbons (Fsp3) is 0.400. The summed E-state index contributed by atoms with van der Waals surface area (Å²) in [6.07, 6.45) is 3.96. The number of carbonyl (C=O) groups is 1. The molecule has 188 valence electrons. The molecule has 0 atom stereocenters. The van der Waals surface area contributed by atoms with Gasteiger partial charge in [-0.2, -0.15) is 0 Å². The van der Waals surface area contributed by atoms with E-state index in [0.29, 0.717) is 17.5 Å². The van der Waals surface area contributed by atoms with Gasteiger partial charge in [0.15, 0.2) is 0 Å². The van der Waals surface area contributed by atoms with E-state index in [9.17, 15) is 4.79 Å². The van der Waals surface area contributed by atoms with Gasteiger partial charge in [0, 0.05) is 23.7 Å². The van der Waals surface area contributed by atoms with Crippen molar-refractivity contribution in [1.29, 1.82) is 0 Å². The Balaban J connectivity index is 1.38. The summed E-state index contributed by atoms with van der Waals surface area (Å²) in [4.78, 5) is 19.4. The van der Waals surface area contributed by atoms with Crippen molar-refractivity contribution in [2.24, 2.45) is 5.92 Å². The number of hydrogen-bond donors (Lipinski definition) is 1. The lowest BCUT2D eigenvalue weighted by molar-refractivity contribution is -0.148. The Labute approximate surface area is 218 Å². The molecule has 3 aromatic rings. The number of halogens is 1. The van der Waals surface area contributed by atoms with Gasteiger partial charge in [0.25, 0.3) is 0 Å². The molecule has 0 spiro atoms. The SMILES string of the molecule is CCOC(=O)C1CCN(c2cccc(-c3cc(Cl)ccc3-c3ccc(C4CCNCC4)cc3)n2)CC1. The van der Waals surface area contributed by atoms with Gasteiger partial charge in [-0.1, -0.05) is 48.0 Å². The van der Waals surface area contributed by atoms with E-state index in [1.54, 1.807) is 0 Å². The largest absolute Gasteiger partial charge is 0.466 e. The second-order valence-electron chi connectivity index (χ2n) is 9.73. The first-order chi connectivity index (χ1) is 17.6. The summed E-state index contributed by atoms with van der Waals surface area (Å²) in [5, 5.41) is 4.15. The summed E-state index contributed by atoms with van der Waals surface area (Å²) in [6.45, 7) is 6.06. The Morgan fingerprint density at radius 1 is 1.00 bits per heavy atom. The van der Waals surface area contributed by atoms with Crippen LogP contribution in [0, 0.1) is 5.92 Å². The molecule has 0 aliphatic carbocycles. The second-order valence-corrected chi connectivity index (χ2v) is 10.2. The van der Waals surface area contributed by atoms with Crippen molar-refractivity contribution in [3.05, 3.63) is 71.2 Å². The zero-order valence-electron chi connectivity index (χ0n) is 20.9. The number of benzene rings is 2. The van der Waals surface area contributed by atoms with Crippen molar-refractivity contribution in [3.8, 4) is 22.4 Å². The molecule has 2 aliphatic rings. The van der Waals surface area contributed by atoms with E-state index in [2.05, 4.69) is 46.6 Å². The van der Waals surface area contributed by atoms with Crippen LogP contribution in [0.2, 0.25) is 5.02 Å². The van der Waals surface area contributed by atoms with E-state index in [1.807, 2.05) is 31.2 Å². The second kappa shape index (κ2) is 11.4. The molecule has 1 N–H and O–H groups in total. The van der Waals surface area contributed by atoms with Gasteiger partial charge in [0.1, 0.15) is 5.82 Å². The minimum absolute atomic E-state index is 0.0169. The summed E-state index contributed by atoms with van der Waals surface area (Å²) in [5.74, 6) is 1.48. The van der Waals surface area contributed by atoms with Crippen molar-refractivity contribution in [3.63, 3.8) is 0 Å². The number of nitrogens with zero attached hydrogens (tertiary/aromatic N) is 2. The number of pyridine rings is 1. The molecule has 36 heavy (non-hydrogen) atoms. The van der Waals surface area contributed by atoms with Crippen LogP contribution in [0.25, 0.3) is 22.4 Å². The average Bonchev–Trinajstić information content (AvgIpc) is 2.94. The summed E-state index contributed by atoms with van der Waals surface area (Å²) in [7, 11) is 0. The first-order valence-corrected chi connectivity index (χ1v) is 13.5. The number of carbonyl (C=O) groups excluding carboxylic acids is 1. The molecule has 2 aliphatic heterocycles. The van der Waals surface area contributed by atoms with Crippen LogP contribution >= 0.6 is 11.6 Å². The van der Waals surface area contributed by atoms with Crippen LogP contribution < -0.4 is 10.2 Å². The molecule has 0 bridgehead atoms. The number of anilines is 1. The Morgan fingerprint density at radius 3 is 2.47 bits per heavy atom. The maximum atomic E-state index is 12.1. The van der Waals surface area contributed by atoms with Crippen LogP contribution in [0.3, 0.4) is 0 Å². The van der Waals surface area contributed by atoms with E-state index >= 15 is 0 Å². The van der Waals surface area contributed by atoms with Crippen LogP contribution in [0.5, 0.6) is 0 Å². The molecule has 3 heterocycles. The summed E-state index contributed by atoms with van der Waals surface area (Å²) in [6, 6.07) is 21.2. The molecule has 1 aromatic heterocycles. The number of nitrogens with one attached hydrogen (secondary N) is 1. The summed E-state index contributed by atoms with van der Waals surface area (Å²) < 4.78 is 5.22. The standard InChI is InChI=1S/C30H34ClN3O2/c1-2-36-30(35)24-14-18-34(19-15-24)29-5-3-4-28(33-29)27-20-25(31)10-11-26(27)23-8-6-21(7-9-23)22-12-16-32-17-13-22/h3-11,20,22,24,32H,2,12-19H2,1H3. The lowest BCUT2D eigenvalue weighted by Gasteiger charge is -2.32. The molecule has 2 aromatic carbocycles. The Kier molecular flexibility index (Phi) is 7.88. The van der Waals surface area contributed by atoms with Gasteiger partial charge < -0.3 is 15.0 Å². The maximum absolute atomic E-state index is 12.1. The zero-order chi connectivity index (χ0) is 24.9. The van der Waals surface area contributed by atoms with E-state index in [4.69, 9.17) is 21.3 Å². The van der Waals surface area contributed by atoms with Crippen molar-refractivity contribution < 1.29 is 9.53 Å². The normalized spacial score (nSPS) is 17.2. The van der Waals surface area contributed by atoms with E-state index in [1.165, 1.54) is 24.0 Å². The molecule has 5 nitrogen and oxygen atoms in total. The molecular weight excluding hydrogens is 470 g/mol. The third-order valence-corrected chi connectivity index (χ3v) is 7.70. The van der Waals surface area contributed by atoms with Gasteiger partial charge in [0.2, 0.25) is 0 Å². The van der Waals surface area contributed by atoms with Gasteiger partial charge in [-0.3, -0.25) is 4.79 Å². The van der Waals surface area contributed by atoms with Crippen LogP contribution in [0.4, 0.5) is 5.82 Å². The van der Waals surface area contributed by atoms with Gasteiger partial charge in [-0.15, -0.1) is 0 Å². The average molecular weight is 504 g/mol. The van der Waals surface area contributed by atoms with Gasteiger partial charge in [-0.05, 0) is 92.6 Å². The summed E-state index contributed by atoms with van der Waals surface area (Å²) >= 11 is 6.45. The van der Waals surface area contributed by atoms with E-state index < -0.39 is 0 Å². The number of ether oxygens (including phenoxy) is 1. The quantitative estimate of drug-likeness (QED) is 0.399. The van der Waals surface area contributed by atoms with Crippen molar-refractivity contribution in [1.82, 2.24) is 10.3 Å². The highest BCUT2D eigenvalue weighted by Gasteiger charge is 2.26. The molecule has 5 rings (SSSR count). The van der Waals surface area contributed by atoms with Crippen LogP contribution in [0.15, 0.2) is 60.7 Å². The molecule has 0 unspecified atom stereocenters. The minimum Gasteiger partial charge on any atom is -0.466 e. The fourth-order valence-corrected chi connectivity index (χ4v) is 5.60.